The number of carbonyl (C=O) groups is 1. The Morgan fingerprint density at radius 1 is 1.13 bits per heavy atom. The van der Waals surface area contributed by atoms with E-state index in [4.69, 9.17) is 4.74 Å². The Morgan fingerprint density at radius 3 is 2.68 bits per heavy atom. The van der Waals surface area contributed by atoms with Gasteiger partial charge in [0.1, 0.15) is 11.6 Å². The van der Waals surface area contributed by atoms with Crippen LogP contribution in [0.15, 0.2) is 42.6 Å². The molecule has 4 rings (SSSR count). The summed E-state index contributed by atoms with van der Waals surface area (Å²) in [7, 11) is 5.82. The molecule has 1 aliphatic rings. The molecule has 2 aromatic heterocycles. The van der Waals surface area contributed by atoms with Gasteiger partial charge in [-0.2, -0.15) is 0 Å². The van der Waals surface area contributed by atoms with Crippen LogP contribution in [0, 0.1) is 0 Å². The highest BCUT2D eigenvalue weighted by Crippen LogP contribution is 2.33. The number of benzene rings is 1. The van der Waals surface area contributed by atoms with Crippen molar-refractivity contribution >= 4 is 22.8 Å². The fourth-order valence-corrected chi connectivity index (χ4v) is 3.98. The number of methoxy groups -OCH3 is 1. The Morgan fingerprint density at radius 2 is 1.90 bits per heavy atom. The lowest BCUT2D eigenvalue weighted by Crippen LogP contribution is -2.47. The maximum absolute atomic E-state index is 12.3. The molecule has 3 aromatic rings. The van der Waals surface area contributed by atoms with Crippen LogP contribution in [0.3, 0.4) is 0 Å². The average Bonchev–Trinajstić information content (AvgIpc) is 3.10. The molecule has 8 heteroatoms. The number of nitrogens with zero attached hydrogens (tertiary/aromatic N) is 4. The standard InChI is InChI=1S/C23H30N6O2/c1-27-10-12-29(13-11-27)9-8-24-23(30)26-22-15-17-14-19(28(2)20(17)16-25-22)18-6-4-5-7-21(18)31-3/h4-7,14-16H,8-13H2,1-3H3,(H2,24,25,26,30). The fraction of sp³-hybridized carbons (Fsp3) is 0.391. The summed E-state index contributed by atoms with van der Waals surface area (Å²) in [5.41, 5.74) is 3.03. The van der Waals surface area contributed by atoms with Crippen LogP contribution in [0.5, 0.6) is 5.75 Å². The highest BCUT2D eigenvalue weighted by Gasteiger charge is 2.15. The molecule has 0 bridgehead atoms. The lowest BCUT2D eigenvalue weighted by Gasteiger charge is -2.32. The van der Waals surface area contributed by atoms with Gasteiger partial charge in [0.05, 0.1) is 24.5 Å². The summed E-state index contributed by atoms with van der Waals surface area (Å²) in [6, 6.07) is 11.7. The summed E-state index contributed by atoms with van der Waals surface area (Å²) in [6.07, 6.45) is 1.79. The lowest BCUT2D eigenvalue weighted by molar-refractivity contribution is 0.155. The molecular formula is C23H30N6O2. The molecule has 0 spiro atoms. The van der Waals surface area contributed by atoms with E-state index in [9.17, 15) is 4.79 Å². The van der Waals surface area contributed by atoms with Gasteiger partial charge >= 0.3 is 6.03 Å². The van der Waals surface area contributed by atoms with Crippen molar-refractivity contribution < 1.29 is 9.53 Å². The van der Waals surface area contributed by atoms with Crippen molar-refractivity contribution in [3.63, 3.8) is 0 Å². The summed E-state index contributed by atoms with van der Waals surface area (Å²) in [5.74, 6) is 1.35. The van der Waals surface area contributed by atoms with Gasteiger partial charge in [0, 0.05) is 57.3 Å². The van der Waals surface area contributed by atoms with Gasteiger partial charge in [-0.05, 0) is 31.3 Å². The molecule has 0 saturated carbocycles. The number of pyridine rings is 1. The van der Waals surface area contributed by atoms with E-state index >= 15 is 0 Å². The number of ether oxygens (including phenoxy) is 1. The summed E-state index contributed by atoms with van der Waals surface area (Å²) < 4.78 is 7.60. The first-order valence-corrected chi connectivity index (χ1v) is 10.6. The normalized spacial score (nSPS) is 15.2. The second-order valence-electron chi connectivity index (χ2n) is 7.94. The number of piperazine rings is 1. The zero-order valence-corrected chi connectivity index (χ0v) is 18.4. The average molecular weight is 423 g/mol. The number of fused-ring (bicyclic) bond motifs is 1. The molecule has 1 aliphatic heterocycles. The number of para-hydroxylation sites is 1. The van der Waals surface area contributed by atoms with Crippen molar-refractivity contribution in [2.75, 3.05) is 58.7 Å². The minimum Gasteiger partial charge on any atom is -0.496 e. The summed E-state index contributed by atoms with van der Waals surface area (Å²) in [6.45, 7) is 5.70. The Labute approximate surface area is 182 Å². The molecular weight excluding hydrogens is 392 g/mol. The van der Waals surface area contributed by atoms with Crippen molar-refractivity contribution in [3.8, 4) is 17.0 Å². The number of likely N-dealkylation sites (N-methyl/N-ethyl adjacent to an activating group) is 1. The second kappa shape index (κ2) is 9.36. The molecule has 3 heterocycles. The van der Waals surface area contributed by atoms with Crippen LogP contribution in [0.2, 0.25) is 0 Å². The maximum atomic E-state index is 12.3. The Hall–Kier alpha value is -3.10. The third-order valence-corrected chi connectivity index (χ3v) is 5.86. The van der Waals surface area contributed by atoms with Crippen molar-refractivity contribution in [1.82, 2.24) is 24.7 Å². The van der Waals surface area contributed by atoms with E-state index in [2.05, 4.69) is 43.1 Å². The van der Waals surface area contributed by atoms with Gasteiger partial charge in [0.25, 0.3) is 0 Å². The van der Waals surface area contributed by atoms with Crippen LogP contribution in [0.25, 0.3) is 22.2 Å². The number of amides is 2. The quantitative estimate of drug-likeness (QED) is 0.639. The molecule has 164 valence electrons. The van der Waals surface area contributed by atoms with Gasteiger partial charge < -0.3 is 19.5 Å². The van der Waals surface area contributed by atoms with E-state index in [0.717, 1.165) is 60.6 Å². The first kappa shape index (κ1) is 21.1. The third kappa shape index (κ3) is 4.81. The zero-order valence-electron chi connectivity index (χ0n) is 18.4. The molecule has 1 fully saturated rings. The van der Waals surface area contributed by atoms with E-state index in [-0.39, 0.29) is 6.03 Å². The van der Waals surface area contributed by atoms with Crippen LogP contribution < -0.4 is 15.4 Å². The largest absolute Gasteiger partial charge is 0.496 e. The minimum absolute atomic E-state index is 0.234. The van der Waals surface area contributed by atoms with E-state index < -0.39 is 0 Å². The summed E-state index contributed by atoms with van der Waals surface area (Å²) >= 11 is 0. The van der Waals surface area contributed by atoms with Gasteiger partial charge in [-0.1, -0.05) is 12.1 Å². The first-order valence-electron chi connectivity index (χ1n) is 10.6. The molecule has 8 nitrogen and oxygen atoms in total. The van der Waals surface area contributed by atoms with E-state index in [0.29, 0.717) is 12.4 Å². The number of urea groups is 1. The predicted octanol–water partition coefficient (Wildman–Crippen LogP) is 2.62. The number of aromatic nitrogens is 2. The molecule has 1 aromatic carbocycles. The number of hydrogen-bond donors (Lipinski definition) is 2. The number of carbonyl (C=O) groups excluding carboxylic acids is 1. The molecule has 0 aliphatic carbocycles. The number of rotatable bonds is 6. The molecule has 1 saturated heterocycles. The van der Waals surface area contributed by atoms with Crippen LogP contribution in [-0.2, 0) is 7.05 Å². The summed E-state index contributed by atoms with van der Waals surface area (Å²) in [5, 5.41) is 6.78. The number of nitrogens with one attached hydrogen (secondary N) is 2. The monoisotopic (exact) mass is 422 g/mol. The minimum atomic E-state index is -0.234. The molecule has 31 heavy (non-hydrogen) atoms. The fourth-order valence-electron chi connectivity index (χ4n) is 3.98. The van der Waals surface area contributed by atoms with E-state index in [1.54, 1.807) is 13.3 Å². The highest BCUT2D eigenvalue weighted by atomic mass is 16.5. The Balaban J connectivity index is 1.40. The predicted molar refractivity (Wildman–Crippen MR) is 124 cm³/mol. The van der Waals surface area contributed by atoms with Gasteiger partial charge in [-0.3, -0.25) is 10.2 Å². The van der Waals surface area contributed by atoms with Crippen LogP contribution in [0.4, 0.5) is 10.6 Å². The SMILES string of the molecule is COc1ccccc1-c1cc2cc(NC(=O)NCCN3CCN(C)CC3)ncc2n1C. The first-order chi connectivity index (χ1) is 15.0. The van der Waals surface area contributed by atoms with Crippen molar-refractivity contribution in [3.05, 3.63) is 42.6 Å². The van der Waals surface area contributed by atoms with Gasteiger partial charge in [-0.15, -0.1) is 0 Å². The van der Waals surface area contributed by atoms with Gasteiger partial charge in [-0.25, -0.2) is 9.78 Å². The smallest absolute Gasteiger partial charge is 0.320 e. The topological polar surface area (TPSA) is 74.7 Å². The number of hydrogen-bond acceptors (Lipinski definition) is 5. The van der Waals surface area contributed by atoms with E-state index in [1.165, 1.54) is 0 Å². The van der Waals surface area contributed by atoms with Crippen molar-refractivity contribution in [1.29, 1.82) is 0 Å². The van der Waals surface area contributed by atoms with Gasteiger partial charge in [0.2, 0.25) is 0 Å². The molecule has 2 N–H and O–H groups in total. The highest BCUT2D eigenvalue weighted by molar-refractivity contribution is 5.93. The molecule has 0 atom stereocenters. The van der Waals surface area contributed by atoms with Crippen LogP contribution in [-0.4, -0.2) is 78.8 Å². The zero-order chi connectivity index (χ0) is 21.8. The lowest BCUT2D eigenvalue weighted by atomic mass is 10.1. The third-order valence-electron chi connectivity index (χ3n) is 5.86. The maximum Gasteiger partial charge on any atom is 0.320 e. The molecule has 0 unspecified atom stereocenters. The van der Waals surface area contributed by atoms with Gasteiger partial charge in [0.15, 0.2) is 0 Å². The second-order valence-corrected chi connectivity index (χ2v) is 7.94. The molecule has 2 amide bonds. The van der Waals surface area contributed by atoms with Crippen LogP contribution in [0.1, 0.15) is 0 Å². The molecule has 0 radical (unpaired) electrons. The Kier molecular flexibility index (Phi) is 6.39. The van der Waals surface area contributed by atoms with Crippen molar-refractivity contribution in [2.24, 2.45) is 7.05 Å². The Bertz CT molecular complexity index is 1060. The van der Waals surface area contributed by atoms with Crippen LogP contribution >= 0.6 is 0 Å². The number of aryl methyl sites for hydroxylation is 1. The van der Waals surface area contributed by atoms with E-state index in [1.807, 2.05) is 37.4 Å². The summed E-state index contributed by atoms with van der Waals surface area (Å²) in [4.78, 5) is 21.4. The van der Waals surface area contributed by atoms with Crippen molar-refractivity contribution in [2.45, 2.75) is 0 Å². The number of anilines is 1.